The summed E-state index contributed by atoms with van der Waals surface area (Å²) < 4.78 is 3.76. The van der Waals surface area contributed by atoms with Gasteiger partial charge in [-0.25, -0.2) is 0 Å². The Morgan fingerprint density at radius 3 is 2.78 bits per heavy atom. The number of hydrogen-bond donors (Lipinski definition) is 1. The van der Waals surface area contributed by atoms with Crippen LogP contribution < -0.4 is 5.32 Å². The Morgan fingerprint density at radius 2 is 2.09 bits per heavy atom. The van der Waals surface area contributed by atoms with E-state index in [9.17, 15) is 4.79 Å². The standard InChI is InChI=1S/C17H21N5O/c1-20(2)11-8-18-17(23)13-12-16(14-7-10-21(3)19-14)22-9-5-4-6-15(13)22/h4-7,9-10,12H,8,11H2,1-3H3,(H,18,23). The van der Waals surface area contributed by atoms with E-state index in [4.69, 9.17) is 0 Å². The molecule has 0 radical (unpaired) electrons. The van der Waals surface area contributed by atoms with Crippen molar-refractivity contribution in [3.63, 3.8) is 0 Å². The lowest BCUT2D eigenvalue weighted by atomic mass is 10.2. The molecule has 0 fully saturated rings. The molecule has 3 aromatic rings. The smallest absolute Gasteiger partial charge is 0.253 e. The predicted molar refractivity (Wildman–Crippen MR) is 90.5 cm³/mol. The number of nitrogens with zero attached hydrogens (tertiary/aromatic N) is 4. The topological polar surface area (TPSA) is 54.6 Å². The molecule has 120 valence electrons. The van der Waals surface area contributed by atoms with Gasteiger partial charge in [-0.2, -0.15) is 5.10 Å². The minimum absolute atomic E-state index is 0.0577. The molecule has 6 nitrogen and oxygen atoms in total. The fraction of sp³-hybridized carbons (Fsp3) is 0.294. The van der Waals surface area contributed by atoms with Crippen LogP contribution in [0.2, 0.25) is 0 Å². The first kappa shape index (κ1) is 15.3. The third-order valence-electron chi connectivity index (χ3n) is 3.74. The van der Waals surface area contributed by atoms with Crippen LogP contribution in [0.5, 0.6) is 0 Å². The molecular weight excluding hydrogens is 290 g/mol. The molecule has 0 spiro atoms. The van der Waals surface area contributed by atoms with Gasteiger partial charge < -0.3 is 14.6 Å². The van der Waals surface area contributed by atoms with Crippen LogP contribution in [0.3, 0.4) is 0 Å². The monoisotopic (exact) mass is 311 g/mol. The summed E-state index contributed by atoms with van der Waals surface area (Å²) in [5, 5.41) is 7.42. The largest absolute Gasteiger partial charge is 0.351 e. The Bertz CT molecular complexity index is 830. The molecule has 0 aliphatic heterocycles. The zero-order chi connectivity index (χ0) is 16.4. The molecule has 0 aromatic carbocycles. The van der Waals surface area contributed by atoms with Crippen LogP contribution >= 0.6 is 0 Å². The van der Waals surface area contributed by atoms with Crippen molar-refractivity contribution < 1.29 is 4.79 Å². The summed E-state index contributed by atoms with van der Waals surface area (Å²) in [4.78, 5) is 14.6. The number of likely N-dealkylation sites (N-methyl/N-ethyl adjacent to an activating group) is 1. The Hall–Kier alpha value is -2.60. The van der Waals surface area contributed by atoms with E-state index in [0.29, 0.717) is 12.1 Å². The van der Waals surface area contributed by atoms with E-state index in [1.165, 1.54) is 0 Å². The van der Waals surface area contributed by atoms with E-state index in [2.05, 4.69) is 10.4 Å². The van der Waals surface area contributed by atoms with Crippen molar-refractivity contribution in [2.45, 2.75) is 0 Å². The summed E-state index contributed by atoms with van der Waals surface area (Å²) in [6, 6.07) is 9.69. The molecule has 0 unspecified atom stereocenters. The second-order valence-electron chi connectivity index (χ2n) is 5.83. The van der Waals surface area contributed by atoms with Crippen LogP contribution in [0.1, 0.15) is 10.4 Å². The number of nitrogens with one attached hydrogen (secondary N) is 1. The number of carbonyl (C=O) groups excluding carboxylic acids is 1. The molecule has 0 saturated carbocycles. The number of pyridine rings is 1. The summed E-state index contributed by atoms with van der Waals surface area (Å²) >= 11 is 0. The number of rotatable bonds is 5. The van der Waals surface area contributed by atoms with Crippen molar-refractivity contribution in [2.24, 2.45) is 7.05 Å². The van der Waals surface area contributed by atoms with Crippen molar-refractivity contribution in [3.05, 3.63) is 48.3 Å². The van der Waals surface area contributed by atoms with Crippen molar-refractivity contribution in [2.75, 3.05) is 27.2 Å². The number of fused-ring (bicyclic) bond motifs is 1. The number of aromatic nitrogens is 3. The Balaban J connectivity index is 1.96. The highest BCUT2D eigenvalue weighted by Gasteiger charge is 2.17. The van der Waals surface area contributed by atoms with Crippen LogP contribution in [0.25, 0.3) is 16.9 Å². The fourth-order valence-electron chi connectivity index (χ4n) is 2.57. The molecule has 23 heavy (non-hydrogen) atoms. The molecule has 6 heteroatoms. The maximum absolute atomic E-state index is 12.5. The average molecular weight is 311 g/mol. The molecule has 0 aliphatic rings. The zero-order valence-electron chi connectivity index (χ0n) is 13.7. The van der Waals surface area contributed by atoms with Crippen molar-refractivity contribution >= 4 is 11.4 Å². The van der Waals surface area contributed by atoms with E-state index >= 15 is 0 Å². The zero-order valence-corrected chi connectivity index (χ0v) is 13.7. The summed E-state index contributed by atoms with van der Waals surface area (Å²) in [7, 11) is 5.85. The fourth-order valence-corrected chi connectivity index (χ4v) is 2.57. The van der Waals surface area contributed by atoms with Gasteiger partial charge in [0.2, 0.25) is 0 Å². The van der Waals surface area contributed by atoms with E-state index in [0.717, 1.165) is 23.4 Å². The minimum Gasteiger partial charge on any atom is -0.351 e. The molecule has 0 aliphatic carbocycles. The molecule has 0 bridgehead atoms. The van der Waals surface area contributed by atoms with Crippen LogP contribution in [-0.4, -0.2) is 52.2 Å². The average Bonchev–Trinajstić information content (AvgIpc) is 3.10. The predicted octanol–water partition coefficient (Wildman–Crippen LogP) is 1.63. The highest BCUT2D eigenvalue weighted by molar-refractivity contribution is 6.02. The maximum Gasteiger partial charge on any atom is 0.253 e. The minimum atomic E-state index is -0.0577. The first-order valence-electron chi connectivity index (χ1n) is 7.59. The van der Waals surface area contributed by atoms with Crippen LogP contribution in [0.15, 0.2) is 42.7 Å². The molecule has 3 aromatic heterocycles. The third-order valence-corrected chi connectivity index (χ3v) is 3.74. The van der Waals surface area contributed by atoms with Crippen molar-refractivity contribution in [1.82, 2.24) is 24.4 Å². The van der Waals surface area contributed by atoms with Gasteiger partial charge in [0, 0.05) is 32.5 Å². The van der Waals surface area contributed by atoms with Gasteiger partial charge >= 0.3 is 0 Å². The number of amides is 1. The summed E-state index contributed by atoms with van der Waals surface area (Å²) in [6.07, 6.45) is 3.85. The lowest BCUT2D eigenvalue weighted by Crippen LogP contribution is -2.31. The first-order valence-corrected chi connectivity index (χ1v) is 7.59. The second-order valence-corrected chi connectivity index (χ2v) is 5.83. The SMILES string of the molecule is CN(C)CCNC(=O)c1cc(-c2ccn(C)n2)n2ccccc12. The third kappa shape index (κ3) is 3.12. The van der Waals surface area contributed by atoms with Crippen LogP contribution in [0.4, 0.5) is 0 Å². The number of aryl methyl sites for hydroxylation is 1. The second kappa shape index (κ2) is 6.26. The van der Waals surface area contributed by atoms with Gasteiger partial charge in [0.05, 0.1) is 16.8 Å². The molecule has 1 amide bonds. The summed E-state index contributed by atoms with van der Waals surface area (Å²) in [6.45, 7) is 1.43. The van der Waals surface area contributed by atoms with Crippen molar-refractivity contribution in [1.29, 1.82) is 0 Å². The molecule has 0 atom stereocenters. The van der Waals surface area contributed by atoms with E-state index in [-0.39, 0.29) is 5.91 Å². The lowest BCUT2D eigenvalue weighted by molar-refractivity contribution is 0.0953. The first-order chi connectivity index (χ1) is 11.1. The highest BCUT2D eigenvalue weighted by atomic mass is 16.1. The van der Waals surface area contributed by atoms with Gasteiger partial charge in [0.1, 0.15) is 5.69 Å². The lowest BCUT2D eigenvalue weighted by Gasteiger charge is -2.10. The summed E-state index contributed by atoms with van der Waals surface area (Å²) in [5.41, 5.74) is 3.32. The van der Waals surface area contributed by atoms with Gasteiger partial charge in [-0.15, -0.1) is 0 Å². The number of hydrogen-bond acceptors (Lipinski definition) is 3. The number of carbonyl (C=O) groups is 1. The summed E-state index contributed by atoms with van der Waals surface area (Å²) in [5.74, 6) is -0.0577. The quantitative estimate of drug-likeness (QED) is 0.779. The van der Waals surface area contributed by atoms with Crippen LogP contribution in [0, 0.1) is 0 Å². The molecule has 3 heterocycles. The Labute approximate surface area is 135 Å². The van der Waals surface area contributed by atoms with Gasteiger partial charge in [0.25, 0.3) is 5.91 Å². The Kier molecular flexibility index (Phi) is 4.16. The van der Waals surface area contributed by atoms with E-state index in [1.807, 2.05) is 73.2 Å². The van der Waals surface area contributed by atoms with Gasteiger partial charge in [-0.1, -0.05) is 6.07 Å². The van der Waals surface area contributed by atoms with E-state index < -0.39 is 0 Å². The van der Waals surface area contributed by atoms with E-state index in [1.54, 1.807) is 4.68 Å². The normalized spacial score (nSPS) is 11.3. The Morgan fingerprint density at radius 1 is 1.26 bits per heavy atom. The highest BCUT2D eigenvalue weighted by Crippen LogP contribution is 2.24. The van der Waals surface area contributed by atoms with Crippen molar-refractivity contribution in [3.8, 4) is 11.4 Å². The molecule has 3 rings (SSSR count). The van der Waals surface area contributed by atoms with Gasteiger partial charge in [-0.05, 0) is 38.4 Å². The van der Waals surface area contributed by atoms with Gasteiger partial charge in [-0.3, -0.25) is 9.48 Å². The van der Waals surface area contributed by atoms with Gasteiger partial charge in [0.15, 0.2) is 0 Å². The molecule has 1 N–H and O–H groups in total. The maximum atomic E-state index is 12.5. The molecule has 0 saturated heterocycles. The van der Waals surface area contributed by atoms with Crippen LogP contribution in [-0.2, 0) is 7.05 Å². The molecular formula is C17H21N5O.